The van der Waals surface area contributed by atoms with Gasteiger partial charge in [-0.05, 0) is 19.1 Å². The Balaban J connectivity index is 2.44. The molecule has 2 nitrogen and oxygen atoms in total. The molecule has 0 saturated carbocycles. The Hall–Kier alpha value is -1.13. The third-order valence-electron chi connectivity index (χ3n) is 1.20. The number of nitrogens with one attached hydrogen (secondary N) is 1. The van der Waals surface area contributed by atoms with Crippen LogP contribution in [0, 0.1) is 6.92 Å². The smallest absolute Gasteiger partial charge is 0.422 e. The van der Waals surface area contributed by atoms with Crippen molar-refractivity contribution in [2.24, 2.45) is 0 Å². The molecule has 1 rings (SSSR count). The summed E-state index contributed by atoms with van der Waals surface area (Å²) in [7, 11) is 0. The number of rotatable bonds is 2. The van der Waals surface area contributed by atoms with Gasteiger partial charge in [-0.15, -0.1) is 0 Å². The number of aromatic nitrogens is 1. The average molecular weight is 179 g/mol. The van der Waals surface area contributed by atoms with E-state index in [-0.39, 0.29) is 5.88 Å². The predicted molar refractivity (Wildman–Crippen MR) is 37.1 cm³/mol. The normalized spacial score (nSPS) is 11.7. The molecule has 0 bridgehead atoms. The van der Waals surface area contributed by atoms with Crippen molar-refractivity contribution in [1.82, 2.24) is 4.98 Å². The molecule has 68 valence electrons. The van der Waals surface area contributed by atoms with Crippen molar-refractivity contribution in [2.75, 3.05) is 6.61 Å². The Morgan fingerprint density at radius 1 is 1.42 bits per heavy atom. The molecule has 1 aromatic rings. The van der Waals surface area contributed by atoms with Gasteiger partial charge in [0, 0.05) is 5.69 Å². The fourth-order valence-corrected chi connectivity index (χ4v) is 0.722. The Morgan fingerprint density at radius 3 is 2.50 bits per heavy atom. The first-order valence-corrected chi connectivity index (χ1v) is 3.32. The molecule has 0 radical (unpaired) electrons. The van der Waals surface area contributed by atoms with Gasteiger partial charge in [0.15, 0.2) is 12.5 Å². The van der Waals surface area contributed by atoms with E-state index in [1.807, 2.05) is 0 Å². The minimum absolute atomic E-state index is 0.143. The summed E-state index contributed by atoms with van der Waals surface area (Å²) in [6, 6.07) is 3.10. The number of aryl methyl sites for hydroxylation is 1. The van der Waals surface area contributed by atoms with Crippen LogP contribution >= 0.6 is 0 Å². The molecule has 0 fully saturated rings. The first kappa shape index (κ1) is 8.96. The number of hydrogen-bond acceptors (Lipinski definition) is 1. The maximum Gasteiger partial charge on any atom is 0.422 e. The highest BCUT2D eigenvalue weighted by molar-refractivity contribution is 5.16. The number of ether oxygens (including phenoxy) is 1. The van der Waals surface area contributed by atoms with Crippen LogP contribution in [0.15, 0.2) is 12.1 Å². The number of halogens is 3. The summed E-state index contributed by atoms with van der Waals surface area (Å²) in [6.45, 7) is 0.480. The van der Waals surface area contributed by atoms with E-state index in [2.05, 4.69) is 9.72 Å². The summed E-state index contributed by atoms with van der Waals surface area (Å²) in [6.07, 6.45) is -4.28. The van der Waals surface area contributed by atoms with Crippen molar-refractivity contribution in [3.63, 3.8) is 0 Å². The van der Waals surface area contributed by atoms with Crippen LogP contribution in [0.1, 0.15) is 5.69 Å². The quantitative estimate of drug-likeness (QED) is 0.740. The van der Waals surface area contributed by atoms with Crippen molar-refractivity contribution < 1.29 is 17.9 Å². The Kier molecular flexibility index (Phi) is 2.30. The van der Waals surface area contributed by atoms with Crippen LogP contribution < -0.4 is 4.74 Å². The number of H-pyrrole nitrogens is 1. The SMILES string of the molecule is Cc1ccc(OCC(F)(F)F)[nH]1. The van der Waals surface area contributed by atoms with Crippen LogP contribution in [-0.2, 0) is 0 Å². The summed E-state index contributed by atoms with van der Waals surface area (Å²) in [5.74, 6) is 0.143. The van der Waals surface area contributed by atoms with Gasteiger partial charge in [0.2, 0.25) is 0 Å². The monoisotopic (exact) mass is 179 g/mol. The standard InChI is InChI=1S/C7H8F3NO/c1-5-2-3-6(11-5)12-4-7(8,9)10/h2-3,11H,4H2,1H3. The van der Waals surface area contributed by atoms with E-state index in [1.54, 1.807) is 13.0 Å². The van der Waals surface area contributed by atoms with Crippen LogP contribution in [0.25, 0.3) is 0 Å². The number of alkyl halides is 3. The van der Waals surface area contributed by atoms with Gasteiger partial charge in [0.05, 0.1) is 0 Å². The fraction of sp³-hybridized carbons (Fsp3) is 0.429. The first-order valence-electron chi connectivity index (χ1n) is 3.32. The highest BCUT2D eigenvalue weighted by Crippen LogP contribution is 2.17. The molecule has 0 atom stereocenters. The lowest BCUT2D eigenvalue weighted by molar-refractivity contribution is -0.154. The van der Waals surface area contributed by atoms with Gasteiger partial charge in [-0.3, -0.25) is 0 Å². The lowest BCUT2D eigenvalue weighted by atomic mass is 10.5. The molecule has 1 N–H and O–H groups in total. The summed E-state index contributed by atoms with van der Waals surface area (Å²) >= 11 is 0. The summed E-state index contributed by atoms with van der Waals surface area (Å²) in [5, 5.41) is 0. The zero-order valence-electron chi connectivity index (χ0n) is 6.40. The van der Waals surface area contributed by atoms with E-state index in [4.69, 9.17) is 0 Å². The van der Waals surface area contributed by atoms with Gasteiger partial charge >= 0.3 is 6.18 Å². The molecule has 0 saturated heterocycles. The van der Waals surface area contributed by atoms with E-state index in [0.717, 1.165) is 5.69 Å². The molecular weight excluding hydrogens is 171 g/mol. The molecule has 0 spiro atoms. The van der Waals surface area contributed by atoms with Gasteiger partial charge in [0.1, 0.15) is 0 Å². The highest BCUT2D eigenvalue weighted by Gasteiger charge is 2.28. The molecule has 0 aliphatic carbocycles. The molecule has 0 amide bonds. The fourth-order valence-electron chi connectivity index (χ4n) is 0.722. The third-order valence-corrected chi connectivity index (χ3v) is 1.20. The van der Waals surface area contributed by atoms with Gasteiger partial charge < -0.3 is 9.72 Å². The van der Waals surface area contributed by atoms with Gasteiger partial charge in [-0.1, -0.05) is 0 Å². The van der Waals surface area contributed by atoms with Gasteiger partial charge in [0.25, 0.3) is 0 Å². The van der Waals surface area contributed by atoms with Crippen LogP contribution in [0.2, 0.25) is 0 Å². The van der Waals surface area contributed by atoms with Crippen LogP contribution in [0.5, 0.6) is 5.88 Å². The molecule has 1 heterocycles. The third kappa shape index (κ3) is 2.86. The van der Waals surface area contributed by atoms with Crippen LogP contribution in [0.4, 0.5) is 13.2 Å². The number of hydrogen-bond donors (Lipinski definition) is 1. The van der Waals surface area contributed by atoms with Gasteiger partial charge in [-0.2, -0.15) is 13.2 Å². The second-order valence-electron chi connectivity index (χ2n) is 2.41. The molecule has 5 heteroatoms. The molecule has 0 aromatic carbocycles. The topological polar surface area (TPSA) is 25.0 Å². The molecular formula is C7H8F3NO. The number of aromatic amines is 1. The summed E-state index contributed by atoms with van der Waals surface area (Å²) < 4.78 is 39.2. The Bertz CT molecular complexity index is 253. The summed E-state index contributed by atoms with van der Waals surface area (Å²) in [5.41, 5.74) is 0.771. The van der Waals surface area contributed by atoms with Crippen LogP contribution in [0.3, 0.4) is 0 Å². The largest absolute Gasteiger partial charge is 0.469 e. The maximum absolute atomic E-state index is 11.6. The van der Waals surface area contributed by atoms with E-state index in [1.165, 1.54) is 6.07 Å². The molecule has 0 unspecified atom stereocenters. The molecule has 12 heavy (non-hydrogen) atoms. The molecule has 0 aliphatic heterocycles. The Labute approximate surface area is 67.3 Å². The molecule has 0 aliphatic rings. The second kappa shape index (κ2) is 3.08. The van der Waals surface area contributed by atoms with Crippen LogP contribution in [-0.4, -0.2) is 17.8 Å². The zero-order chi connectivity index (χ0) is 9.19. The van der Waals surface area contributed by atoms with E-state index < -0.39 is 12.8 Å². The van der Waals surface area contributed by atoms with E-state index >= 15 is 0 Å². The highest BCUT2D eigenvalue weighted by atomic mass is 19.4. The second-order valence-corrected chi connectivity index (χ2v) is 2.41. The van der Waals surface area contributed by atoms with Crippen molar-refractivity contribution >= 4 is 0 Å². The lowest BCUT2D eigenvalue weighted by Gasteiger charge is -2.06. The zero-order valence-corrected chi connectivity index (χ0v) is 6.40. The maximum atomic E-state index is 11.6. The first-order chi connectivity index (χ1) is 5.47. The minimum Gasteiger partial charge on any atom is -0.469 e. The van der Waals surface area contributed by atoms with E-state index in [0.29, 0.717) is 0 Å². The van der Waals surface area contributed by atoms with Crippen molar-refractivity contribution in [2.45, 2.75) is 13.1 Å². The molecule has 1 aromatic heterocycles. The van der Waals surface area contributed by atoms with Crippen molar-refractivity contribution in [1.29, 1.82) is 0 Å². The van der Waals surface area contributed by atoms with Crippen molar-refractivity contribution in [3.05, 3.63) is 17.8 Å². The van der Waals surface area contributed by atoms with Crippen molar-refractivity contribution in [3.8, 4) is 5.88 Å². The predicted octanol–water partition coefficient (Wildman–Crippen LogP) is 2.26. The van der Waals surface area contributed by atoms with E-state index in [9.17, 15) is 13.2 Å². The van der Waals surface area contributed by atoms with Gasteiger partial charge in [-0.25, -0.2) is 0 Å². The average Bonchev–Trinajstić information content (AvgIpc) is 2.30. The Morgan fingerprint density at radius 2 is 2.08 bits per heavy atom. The minimum atomic E-state index is -4.28. The lowest BCUT2D eigenvalue weighted by Crippen LogP contribution is -2.19. The summed E-state index contributed by atoms with van der Waals surface area (Å²) in [4.78, 5) is 2.63.